The molecule has 2 aromatic rings. The molecule has 0 bridgehead atoms. The molecule has 2 aromatic heterocycles. The largest absolute Gasteiger partial charge is 0.368 e. The normalized spacial score (nSPS) is 21.2. The van der Waals surface area contributed by atoms with Gasteiger partial charge in [0.15, 0.2) is 0 Å². The van der Waals surface area contributed by atoms with Gasteiger partial charge in [-0.2, -0.15) is 5.26 Å². The summed E-state index contributed by atoms with van der Waals surface area (Å²) in [4.78, 5) is 37.2. The van der Waals surface area contributed by atoms with Crippen LogP contribution in [0.15, 0.2) is 16.9 Å². The minimum Gasteiger partial charge on any atom is -0.368 e. The summed E-state index contributed by atoms with van der Waals surface area (Å²) in [5.41, 5.74) is 2.14. The fraction of sp³-hybridized carbons (Fsp3) is 0.565. The summed E-state index contributed by atoms with van der Waals surface area (Å²) in [7, 11) is 2.09. The average Bonchev–Trinajstić information content (AvgIpc) is 3.53. The van der Waals surface area contributed by atoms with Gasteiger partial charge < -0.3 is 20.1 Å². The molecule has 0 atom stereocenters. The van der Waals surface area contributed by atoms with E-state index < -0.39 is 5.56 Å². The SMILES string of the molecule is CN1CCC(NC(=O)c2ccc3[nH]c(=O)c(C#N)c(N4CCC5(CC4)CC5)c3n2)CC1. The Bertz CT molecular complexity index is 1110. The van der Waals surface area contributed by atoms with Gasteiger partial charge in [-0.3, -0.25) is 9.59 Å². The Morgan fingerprint density at radius 1 is 1.19 bits per heavy atom. The van der Waals surface area contributed by atoms with E-state index in [9.17, 15) is 14.9 Å². The number of pyridine rings is 2. The molecule has 8 nitrogen and oxygen atoms in total. The van der Waals surface area contributed by atoms with Crippen LogP contribution in [0.4, 0.5) is 5.69 Å². The molecule has 162 valence electrons. The van der Waals surface area contributed by atoms with Gasteiger partial charge in [-0.15, -0.1) is 0 Å². The zero-order valence-electron chi connectivity index (χ0n) is 17.9. The molecule has 2 saturated heterocycles. The van der Waals surface area contributed by atoms with Crippen LogP contribution in [-0.4, -0.2) is 60.0 Å². The lowest BCUT2D eigenvalue weighted by Crippen LogP contribution is -2.43. The fourth-order valence-corrected chi connectivity index (χ4v) is 4.98. The molecule has 1 saturated carbocycles. The summed E-state index contributed by atoms with van der Waals surface area (Å²) in [6, 6.07) is 5.59. The van der Waals surface area contributed by atoms with E-state index >= 15 is 0 Å². The van der Waals surface area contributed by atoms with Crippen LogP contribution in [0.2, 0.25) is 0 Å². The number of amides is 1. The summed E-state index contributed by atoms with van der Waals surface area (Å²) in [6.07, 6.45) is 6.54. The smallest absolute Gasteiger partial charge is 0.270 e. The van der Waals surface area contributed by atoms with Crippen molar-refractivity contribution in [2.75, 3.05) is 38.1 Å². The van der Waals surface area contributed by atoms with Gasteiger partial charge in [0.1, 0.15) is 22.8 Å². The lowest BCUT2D eigenvalue weighted by atomic mass is 9.93. The van der Waals surface area contributed by atoms with Crippen molar-refractivity contribution in [3.05, 3.63) is 33.7 Å². The lowest BCUT2D eigenvalue weighted by Gasteiger charge is -2.34. The minimum absolute atomic E-state index is 0.0830. The summed E-state index contributed by atoms with van der Waals surface area (Å²) in [6.45, 7) is 3.54. The molecule has 0 unspecified atom stereocenters. The van der Waals surface area contributed by atoms with Crippen LogP contribution >= 0.6 is 0 Å². The number of rotatable bonds is 3. The highest BCUT2D eigenvalue weighted by Gasteiger charge is 2.45. The molecule has 2 N–H and O–H groups in total. The Kier molecular flexibility index (Phi) is 4.94. The van der Waals surface area contributed by atoms with Gasteiger partial charge in [0, 0.05) is 19.1 Å². The van der Waals surface area contributed by atoms with Gasteiger partial charge >= 0.3 is 0 Å². The fourth-order valence-electron chi connectivity index (χ4n) is 4.98. The lowest BCUT2D eigenvalue weighted by molar-refractivity contribution is 0.0912. The van der Waals surface area contributed by atoms with Gasteiger partial charge in [0.2, 0.25) is 0 Å². The zero-order chi connectivity index (χ0) is 21.6. The van der Waals surface area contributed by atoms with E-state index in [1.807, 2.05) is 0 Å². The molecule has 5 rings (SSSR count). The molecule has 31 heavy (non-hydrogen) atoms. The molecular weight excluding hydrogens is 392 g/mol. The Labute approximate surface area is 181 Å². The molecule has 3 fully saturated rings. The quantitative estimate of drug-likeness (QED) is 0.787. The van der Waals surface area contributed by atoms with Crippen molar-refractivity contribution in [3.63, 3.8) is 0 Å². The number of likely N-dealkylation sites (tertiary alicyclic amines) is 1. The molecule has 1 amide bonds. The number of fused-ring (bicyclic) bond motifs is 1. The maximum Gasteiger partial charge on any atom is 0.270 e. The second-order valence-electron chi connectivity index (χ2n) is 9.42. The van der Waals surface area contributed by atoms with E-state index in [1.165, 1.54) is 12.8 Å². The number of carbonyl (C=O) groups excluding carboxylic acids is 1. The van der Waals surface area contributed by atoms with Gasteiger partial charge in [-0.05, 0) is 76.2 Å². The van der Waals surface area contributed by atoms with Crippen LogP contribution in [0.25, 0.3) is 11.0 Å². The van der Waals surface area contributed by atoms with E-state index in [0.717, 1.165) is 51.9 Å². The number of hydrogen-bond donors (Lipinski definition) is 2. The van der Waals surface area contributed by atoms with E-state index in [0.29, 0.717) is 27.8 Å². The highest BCUT2D eigenvalue weighted by molar-refractivity contribution is 5.98. The van der Waals surface area contributed by atoms with Crippen molar-refractivity contribution >= 4 is 22.6 Å². The summed E-state index contributed by atoms with van der Waals surface area (Å²) in [5, 5.41) is 12.8. The third-order valence-corrected chi connectivity index (χ3v) is 7.33. The molecule has 1 spiro atoms. The van der Waals surface area contributed by atoms with Crippen LogP contribution in [-0.2, 0) is 0 Å². The monoisotopic (exact) mass is 420 g/mol. The molecule has 4 heterocycles. The van der Waals surface area contributed by atoms with Gasteiger partial charge in [-0.25, -0.2) is 4.98 Å². The van der Waals surface area contributed by atoms with Crippen LogP contribution in [0, 0.1) is 16.7 Å². The number of nitrogens with zero attached hydrogens (tertiary/aromatic N) is 4. The van der Waals surface area contributed by atoms with E-state index in [2.05, 4.69) is 38.2 Å². The summed E-state index contributed by atoms with van der Waals surface area (Å²) in [5.74, 6) is -0.206. The number of carbonyl (C=O) groups is 1. The van der Waals surface area contributed by atoms with Crippen molar-refractivity contribution in [2.45, 2.75) is 44.6 Å². The first kappa shape index (κ1) is 20.0. The first-order valence-electron chi connectivity index (χ1n) is 11.2. The van der Waals surface area contributed by atoms with E-state index in [-0.39, 0.29) is 17.5 Å². The Morgan fingerprint density at radius 2 is 1.90 bits per heavy atom. The highest BCUT2D eigenvalue weighted by atomic mass is 16.2. The van der Waals surface area contributed by atoms with Crippen molar-refractivity contribution in [1.29, 1.82) is 5.26 Å². The summed E-state index contributed by atoms with van der Waals surface area (Å²) < 4.78 is 0. The molecule has 0 aromatic carbocycles. The van der Waals surface area contributed by atoms with Gasteiger partial charge in [-0.1, -0.05) is 0 Å². The number of nitriles is 1. The minimum atomic E-state index is -0.401. The molecular formula is C23H28N6O2. The highest BCUT2D eigenvalue weighted by Crippen LogP contribution is 2.54. The first-order chi connectivity index (χ1) is 15.0. The zero-order valence-corrected chi connectivity index (χ0v) is 17.9. The van der Waals surface area contributed by atoms with Crippen molar-refractivity contribution in [1.82, 2.24) is 20.2 Å². The predicted octanol–water partition coefficient (Wildman–Crippen LogP) is 2.00. The van der Waals surface area contributed by atoms with Crippen molar-refractivity contribution < 1.29 is 4.79 Å². The number of piperidine rings is 2. The van der Waals surface area contributed by atoms with Crippen LogP contribution in [0.5, 0.6) is 0 Å². The molecule has 2 aliphatic heterocycles. The third-order valence-electron chi connectivity index (χ3n) is 7.33. The summed E-state index contributed by atoms with van der Waals surface area (Å²) >= 11 is 0. The van der Waals surface area contributed by atoms with Gasteiger partial charge in [0.25, 0.3) is 11.5 Å². The van der Waals surface area contributed by atoms with Gasteiger partial charge in [0.05, 0.1) is 11.2 Å². The number of hydrogen-bond acceptors (Lipinski definition) is 6. The molecule has 8 heteroatoms. The molecule has 3 aliphatic rings. The maximum absolute atomic E-state index is 12.9. The predicted molar refractivity (Wildman–Crippen MR) is 118 cm³/mol. The second-order valence-corrected chi connectivity index (χ2v) is 9.42. The van der Waals surface area contributed by atoms with E-state index in [4.69, 9.17) is 0 Å². The first-order valence-corrected chi connectivity index (χ1v) is 11.2. The number of anilines is 1. The third kappa shape index (κ3) is 3.79. The second kappa shape index (κ2) is 7.65. The topological polar surface area (TPSA) is 105 Å². The Morgan fingerprint density at radius 3 is 2.55 bits per heavy atom. The average molecular weight is 421 g/mol. The standard InChI is InChI=1S/C23H28N6O2/c1-28-10-4-15(5-11-28)25-22(31)18-3-2-17-19(26-18)20(16(14-24)21(30)27-17)29-12-8-23(6-7-23)9-13-29/h2-3,15H,4-13H2,1H3,(H,25,31)(H,27,30). The number of aromatic nitrogens is 2. The Hall–Kier alpha value is -2.92. The number of aromatic amines is 1. The van der Waals surface area contributed by atoms with Crippen molar-refractivity contribution in [2.24, 2.45) is 5.41 Å². The number of nitrogens with one attached hydrogen (secondary N) is 2. The van der Waals surface area contributed by atoms with Crippen LogP contribution in [0.1, 0.15) is 54.6 Å². The van der Waals surface area contributed by atoms with Crippen LogP contribution in [0.3, 0.4) is 0 Å². The van der Waals surface area contributed by atoms with E-state index in [1.54, 1.807) is 12.1 Å². The molecule has 1 aliphatic carbocycles. The number of H-pyrrole nitrogens is 1. The molecule has 0 radical (unpaired) electrons. The van der Waals surface area contributed by atoms with Crippen molar-refractivity contribution in [3.8, 4) is 6.07 Å². The Balaban J connectivity index is 1.48. The maximum atomic E-state index is 12.9. The van der Waals surface area contributed by atoms with Crippen LogP contribution < -0.4 is 15.8 Å².